The molecule has 118 valence electrons. The van der Waals surface area contributed by atoms with Crippen molar-refractivity contribution in [2.24, 2.45) is 11.1 Å². The second-order valence-electron chi connectivity index (χ2n) is 6.18. The highest BCUT2D eigenvalue weighted by Crippen LogP contribution is 2.17. The van der Waals surface area contributed by atoms with E-state index in [4.69, 9.17) is 17.3 Å². The lowest BCUT2D eigenvalue weighted by Gasteiger charge is -2.28. The maximum Gasteiger partial charge on any atom is 0.256 e. The Morgan fingerprint density at radius 1 is 1.36 bits per heavy atom. The number of rotatable bonds is 5. The van der Waals surface area contributed by atoms with Gasteiger partial charge in [-0.15, -0.1) is 0 Å². The average Bonchev–Trinajstić information content (AvgIpc) is 2.96. The van der Waals surface area contributed by atoms with E-state index in [1.165, 1.54) is 0 Å². The molecule has 0 radical (unpaired) electrons. The summed E-state index contributed by atoms with van der Waals surface area (Å²) < 4.78 is 1.66. The molecule has 0 aliphatic carbocycles. The lowest BCUT2D eigenvalue weighted by atomic mass is 9.93. The summed E-state index contributed by atoms with van der Waals surface area (Å²) in [5.41, 5.74) is 7.01. The summed E-state index contributed by atoms with van der Waals surface area (Å²) in [6.45, 7) is 5.19. The molecule has 0 bridgehead atoms. The van der Waals surface area contributed by atoms with Crippen molar-refractivity contribution in [1.29, 1.82) is 0 Å². The minimum Gasteiger partial charge on any atom is -0.341 e. The molecular formula is C16H21ClN4O. The van der Waals surface area contributed by atoms with Crippen LogP contribution in [0.5, 0.6) is 0 Å². The van der Waals surface area contributed by atoms with Gasteiger partial charge in [0.1, 0.15) is 0 Å². The van der Waals surface area contributed by atoms with Gasteiger partial charge in [0.05, 0.1) is 17.4 Å². The zero-order valence-corrected chi connectivity index (χ0v) is 13.8. The first kappa shape index (κ1) is 16.5. The number of carbonyl (C=O) groups excluding carboxylic acids is 1. The van der Waals surface area contributed by atoms with E-state index in [1.54, 1.807) is 41.2 Å². The minimum absolute atomic E-state index is 0.0678. The van der Waals surface area contributed by atoms with Crippen molar-refractivity contribution in [3.05, 3.63) is 47.2 Å². The van der Waals surface area contributed by atoms with Crippen LogP contribution in [0.1, 0.15) is 24.2 Å². The van der Waals surface area contributed by atoms with E-state index >= 15 is 0 Å². The van der Waals surface area contributed by atoms with Gasteiger partial charge in [0.15, 0.2) is 0 Å². The van der Waals surface area contributed by atoms with E-state index in [1.807, 2.05) is 26.0 Å². The Morgan fingerprint density at radius 3 is 2.59 bits per heavy atom. The predicted molar refractivity (Wildman–Crippen MR) is 88.4 cm³/mol. The fourth-order valence-corrected chi connectivity index (χ4v) is 2.29. The molecule has 22 heavy (non-hydrogen) atoms. The van der Waals surface area contributed by atoms with Crippen molar-refractivity contribution in [2.45, 2.75) is 13.8 Å². The molecule has 6 heteroatoms. The molecule has 0 unspecified atom stereocenters. The van der Waals surface area contributed by atoms with Gasteiger partial charge < -0.3 is 10.6 Å². The first-order chi connectivity index (χ1) is 10.3. The van der Waals surface area contributed by atoms with Gasteiger partial charge in [0, 0.05) is 24.8 Å². The fourth-order valence-electron chi connectivity index (χ4n) is 2.17. The summed E-state index contributed by atoms with van der Waals surface area (Å²) in [6, 6.07) is 7.28. The highest BCUT2D eigenvalue weighted by molar-refractivity contribution is 6.30. The first-order valence-electron chi connectivity index (χ1n) is 7.08. The summed E-state index contributed by atoms with van der Waals surface area (Å²) in [4.78, 5) is 14.1. The maximum absolute atomic E-state index is 12.4. The summed E-state index contributed by atoms with van der Waals surface area (Å²) in [5, 5.41) is 4.90. The molecule has 1 aromatic heterocycles. The second-order valence-corrected chi connectivity index (χ2v) is 6.62. The number of amides is 1. The molecule has 1 amide bonds. The van der Waals surface area contributed by atoms with Crippen LogP contribution < -0.4 is 5.73 Å². The highest BCUT2D eigenvalue weighted by Gasteiger charge is 2.22. The molecular weight excluding hydrogens is 300 g/mol. The monoisotopic (exact) mass is 320 g/mol. The molecule has 0 aliphatic heterocycles. The summed E-state index contributed by atoms with van der Waals surface area (Å²) in [5.74, 6) is -0.0678. The number of hydrogen-bond donors (Lipinski definition) is 1. The SMILES string of the molecule is CN(CC(C)(C)CN)C(=O)c1cnn(-c2ccc(Cl)cc2)c1. The third-order valence-electron chi connectivity index (χ3n) is 3.49. The molecule has 0 fully saturated rings. The lowest BCUT2D eigenvalue weighted by Crippen LogP contribution is -2.39. The summed E-state index contributed by atoms with van der Waals surface area (Å²) >= 11 is 5.87. The minimum atomic E-state index is -0.115. The molecule has 1 heterocycles. The molecule has 2 rings (SSSR count). The van der Waals surface area contributed by atoms with E-state index in [2.05, 4.69) is 5.10 Å². The number of nitrogens with two attached hydrogens (primary N) is 1. The van der Waals surface area contributed by atoms with Crippen LogP contribution >= 0.6 is 11.6 Å². The van der Waals surface area contributed by atoms with Gasteiger partial charge in [-0.2, -0.15) is 5.10 Å². The van der Waals surface area contributed by atoms with E-state index in [-0.39, 0.29) is 11.3 Å². The van der Waals surface area contributed by atoms with Crippen LogP contribution in [0.4, 0.5) is 0 Å². The predicted octanol–water partition coefficient (Wildman–Crippen LogP) is 2.58. The van der Waals surface area contributed by atoms with Gasteiger partial charge in [-0.3, -0.25) is 4.79 Å². The topological polar surface area (TPSA) is 64.2 Å². The van der Waals surface area contributed by atoms with E-state index in [0.717, 1.165) is 5.69 Å². The third-order valence-corrected chi connectivity index (χ3v) is 3.74. The van der Waals surface area contributed by atoms with Gasteiger partial charge in [0.25, 0.3) is 5.91 Å². The van der Waals surface area contributed by atoms with Gasteiger partial charge >= 0.3 is 0 Å². The Bertz CT molecular complexity index is 648. The standard InChI is InChI=1S/C16H21ClN4O/c1-16(2,10-18)11-20(3)15(22)12-8-19-21(9-12)14-6-4-13(17)5-7-14/h4-9H,10-11,18H2,1-3H3. The Hall–Kier alpha value is -1.85. The van der Waals surface area contributed by atoms with Crippen molar-refractivity contribution in [3.63, 3.8) is 0 Å². The molecule has 2 N–H and O–H groups in total. The molecule has 2 aromatic rings. The quantitative estimate of drug-likeness (QED) is 0.921. The van der Waals surface area contributed by atoms with Gasteiger partial charge in [-0.05, 0) is 36.2 Å². The third kappa shape index (κ3) is 3.87. The zero-order chi connectivity index (χ0) is 16.3. The van der Waals surface area contributed by atoms with Crippen molar-refractivity contribution < 1.29 is 4.79 Å². The number of nitrogens with zero attached hydrogens (tertiary/aromatic N) is 3. The van der Waals surface area contributed by atoms with Crippen LogP contribution in [0, 0.1) is 5.41 Å². The molecule has 1 aromatic carbocycles. The van der Waals surface area contributed by atoms with Crippen LogP contribution in [0.3, 0.4) is 0 Å². The lowest BCUT2D eigenvalue weighted by molar-refractivity contribution is 0.0740. The van der Waals surface area contributed by atoms with Gasteiger partial charge in [-0.1, -0.05) is 25.4 Å². The van der Waals surface area contributed by atoms with Crippen molar-refractivity contribution in [3.8, 4) is 5.69 Å². The Balaban J connectivity index is 2.13. The molecule has 0 atom stereocenters. The van der Waals surface area contributed by atoms with E-state index in [0.29, 0.717) is 23.7 Å². The maximum atomic E-state index is 12.4. The van der Waals surface area contributed by atoms with Crippen LogP contribution in [-0.4, -0.2) is 40.7 Å². The molecule has 0 saturated carbocycles. The van der Waals surface area contributed by atoms with E-state index < -0.39 is 0 Å². The van der Waals surface area contributed by atoms with Crippen molar-refractivity contribution >= 4 is 17.5 Å². The number of aromatic nitrogens is 2. The van der Waals surface area contributed by atoms with E-state index in [9.17, 15) is 4.79 Å². The number of benzene rings is 1. The number of hydrogen-bond acceptors (Lipinski definition) is 3. The van der Waals surface area contributed by atoms with Crippen molar-refractivity contribution in [2.75, 3.05) is 20.1 Å². The highest BCUT2D eigenvalue weighted by atomic mass is 35.5. The Kier molecular flexibility index (Phi) is 4.88. The average molecular weight is 321 g/mol. The second kappa shape index (κ2) is 6.50. The zero-order valence-electron chi connectivity index (χ0n) is 13.1. The molecule has 5 nitrogen and oxygen atoms in total. The fraction of sp³-hybridized carbons (Fsp3) is 0.375. The summed E-state index contributed by atoms with van der Waals surface area (Å²) in [6.07, 6.45) is 3.29. The van der Waals surface area contributed by atoms with Crippen molar-refractivity contribution in [1.82, 2.24) is 14.7 Å². The largest absolute Gasteiger partial charge is 0.341 e. The first-order valence-corrected chi connectivity index (χ1v) is 7.46. The van der Waals surface area contributed by atoms with Gasteiger partial charge in [-0.25, -0.2) is 4.68 Å². The summed E-state index contributed by atoms with van der Waals surface area (Å²) in [7, 11) is 1.78. The number of halogens is 1. The van der Waals surface area contributed by atoms with Gasteiger partial charge in [0.2, 0.25) is 0 Å². The number of carbonyl (C=O) groups is 1. The normalized spacial score (nSPS) is 11.5. The van der Waals surface area contributed by atoms with Crippen LogP contribution in [0.2, 0.25) is 5.02 Å². The molecule has 0 spiro atoms. The molecule has 0 aliphatic rings. The van der Waals surface area contributed by atoms with Crippen LogP contribution in [-0.2, 0) is 0 Å². The smallest absolute Gasteiger partial charge is 0.256 e. The van der Waals surface area contributed by atoms with Crippen LogP contribution in [0.15, 0.2) is 36.7 Å². The van der Waals surface area contributed by atoms with Crippen LogP contribution in [0.25, 0.3) is 5.69 Å². The Morgan fingerprint density at radius 2 is 2.00 bits per heavy atom. The molecule has 0 saturated heterocycles. The Labute approximate surface area is 135 Å².